The summed E-state index contributed by atoms with van der Waals surface area (Å²) < 4.78 is 17.8. The molecule has 10 heteroatoms. The third-order valence-corrected chi connectivity index (χ3v) is 5.29. The highest BCUT2D eigenvalue weighted by Crippen LogP contribution is 2.40. The Labute approximate surface area is 164 Å². The molecule has 1 amide bonds. The van der Waals surface area contributed by atoms with E-state index in [1.165, 1.54) is 24.5 Å². The second kappa shape index (κ2) is 9.79. The van der Waals surface area contributed by atoms with Crippen molar-refractivity contribution in [3.05, 3.63) is 49.7 Å². The lowest BCUT2D eigenvalue weighted by molar-refractivity contribution is -0.385. The van der Waals surface area contributed by atoms with Gasteiger partial charge in [0.2, 0.25) is 12.2 Å². The molecule has 2 rings (SSSR count). The van der Waals surface area contributed by atoms with Crippen molar-refractivity contribution >= 4 is 29.2 Å². The summed E-state index contributed by atoms with van der Waals surface area (Å²) in [5, 5.41) is 15.9. The minimum atomic E-state index is -0.832. The number of nitro benzene ring substituents is 1. The van der Waals surface area contributed by atoms with Crippen LogP contribution < -0.4 is 15.0 Å². The molecule has 1 N–H and O–H groups in total. The number of thiophene rings is 1. The Balaban J connectivity index is 2.54. The lowest BCUT2D eigenvalue weighted by atomic mass is 9.87. The van der Waals surface area contributed by atoms with Crippen LogP contribution in [0.25, 0.3) is 0 Å². The maximum atomic E-state index is 12.7. The van der Waals surface area contributed by atoms with E-state index in [0.29, 0.717) is 6.41 Å². The third-order valence-electron chi connectivity index (χ3n) is 4.31. The number of amides is 1. The Bertz CT molecular complexity index is 870. The van der Waals surface area contributed by atoms with Crippen LogP contribution in [-0.4, -0.2) is 24.2 Å². The number of hydrogen-bond donors (Lipinski definition) is 1. The first kappa shape index (κ1) is 21.3. The fraction of sp³-hybridized carbons (Fsp3) is 0.333. The SMILES string of the molecule is CCC(=O)C(Cc1sccc1CNC=O)c1cc(OC)c(OF)cc1[N+](=O)[O-]. The largest absolute Gasteiger partial charge is 0.493 e. The monoisotopic (exact) mass is 410 g/mol. The molecule has 1 atom stereocenters. The summed E-state index contributed by atoms with van der Waals surface area (Å²) in [4.78, 5) is 38.6. The first-order valence-electron chi connectivity index (χ1n) is 8.36. The molecule has 28 heavy (non-hydrogen) atoms. The standard InChI is InChI=1S/C18H19FN2O6S/c1-3-15(23)13(7-18-11(4-5-28-18)9-20-10-22)12-6-16(26-2)17(27-19)8-14(12)21(24)25/h4-6,8,10,13H,3,7,9H2,1-2H3,(H,20,22). The molecule has 1 unspecified atom stereocenters. The number of hydrogen-bond acceptors (Lipinski definition) is 7. The fourth-order valence-electron chi connectivity index (χ4n) is 2.91. The van der Waals surface area contributed by atoms with E-state index >= 15 is 0 Å². The number of carbonyl (C=O) groups is 2. The van der Waals surface area contributed by atoms with Crippen molar-refractivity contribution in [2.75, 3.05) is 7.11 Å². The lowest BCUT2D eigenvalue weighted by Gasteiger charge is -2.17. The van der Waals surface area contributed by atoms with Crippen molar-refractivity contribution < 1.29 is 28.7 Å². The smallest absolute Gasteiger partial charge is 0.277 e. The molecule has 1 aromatic carbocycles. The number of halogens is 1. The van der Waals surface area contributed by atoms with Crippen LogP contribution in [0.15, 0.2) is 23.6 Å². The maximum absolute atomic E-state index is 12.7. The molecule has 0 saturated heterocycles. The van der Waals surface area contributed by atoms with Crippen LogP contribution >= 0.6 is 11.3 Å². The number of nitro groups is 1. The number of nitrogens with zero attached hydrogens (tertiary/aromatic N) is 1. The van der Waals surface area contributed by atoms with Crippen LogP contribution in [-0.2, 0) is 22.6 Å². The summed E-state index contributed by atoms with van der Waals surface area (Å²) in [6.07, 6.45) is 0.945. The number of benzene rings is 1. The highest BCUT2D eigenvalue weighted by molar-refractivity contribution is 7.10. The van der Waals surface area contributed by atoms with Crippen molar-refractivity contribution in [2.24, 2.45) is 0 Å². The van der Waals surface area contributed by atoms with Gasteiger partial charge in [-0.05, 0) is 29.5 Å². The Morgan fingerprint density at radius 1 is 1.43 bits per heavy atom. The second-order valence-electron chi connectivity index (χ2n) is 5.84. The van der Waals surface area contributed by atoms with E-state index in [0.717, 1.165) is 16.5 Å². The van der Waals surface area contributed by atoms with E-state index < -0.39 is 22.3 Å². The molecule has 0 fully saturated rings. The van der Waals surface area contributed by atoms with E-state index in [9.17, 15) is 24.2 Å². The van der Waals surface area contributed by atoms with Crippen LogP contribution in [0.1, 0.15) is 35.3 Å². The van der Waals surface area contributed by atoms with Gasteiger partial charge in [0.1, 0.15) is 5.78 Å². The van der Waals surface area contributed by atoms with E-state index in [2.05, 4.69) is 10.3 Å². The van der Waals surface area contributed by atoms with Crippen LogP contribution in [0.4, 0.5) is 10.2 Å². The van der Waals surface area contributed by atoms with Gasteiger partial charge in [0.05, 0.1) is 24.0 Å². The van der Waals surface area contributed by atoms with Crippen LogP contribution in [0, 0.1) is 10.1 Å². The van der Waals surface area contributed by atoms with Gasteiger partial charge in [0.25, 0.3) is 5.69 Å². The average Bonchev–Trinajstić information content (AvgIpc) is 3.15. The van der Waals surface area contributed by atoms with Crippen molar-refractivity contribution in [3.63, 3.8) is 0 Å². The fourth-order valence-corrected chi connectivity index (χ4v) is 3.86. The van der Waals surface area contributed by atoms with E-state index in [1.54, 1.807) is 6.92 Å². The van der Waals surface area contributed by atoms with Gasteiger partial charge in [0.15, 0.2) is 5.75 Å². The van der Waals surface area contributed by atoms with E-state index in [4.69, 9.17) is 4.74 Å². The first-order chi connectivity index (χ1) is 13.5. The average molecular weight is 410 g/mol. The number of Topliss-reactive ketones (excluding diaryl/α,β-unsaturated/α-hetero) is 1. The molecule has 1 aromatic heterocycles. The molecule has 0 bridgehead atoms. The number of ether oxygens (including phenoxy) is 1. The normalized spacial score (nSPS) is 11.5. The van der Waals surface area contributed by atoms with Crippen LogP contribution in [0.3, 0.4) is 0 Å². The highest BCUT2D eigenvalue weighted by atomic mass is 32.1. The van der Waals surface area contributed by atoms with Gasteiger partial charge in [-0.2, -0.15) is 0 Å². The number of methoxy groups -OCH3 is 1. The summed E-state index contributed by atoms with van der Waals surface area (Å²) >= 11 is 1.39. The summed E-state index contributed by atoms with van der Waals surface area (Å²) in [6, 6.07) is 3.99. The summed E-state index contributed by atoms with van der Waals surface area (Å²) in [5.41, 5.74) is 0.519. The predicted molar refractivity (Wildman–Crippen MR) is 100 cm³/mol. The molecule has 0 radical (unpaired) electrons. The third kappa shape index (κ3) is 4.63. The number of carbonyl (C=O) groups excluding carboxylic acids is 2. The van der Waals surface area contributed by atoms with Crippen molar-refractivity contribution in [1.29, 1.82) is 0 Å². The van der Waals surface area contributed by atoms with Gasteiger partial charge in [0, 0.05) is 27.9 Å². The zero-order chi connectivity index (χ0) is 20.7. The topological polar surface area (TPSA) is 108 Å². The molecule has 0 aliphatic carbocycles. The molecule has 0 saturated carbocycles. The van der Waals surface area contributed by atoms with Crippen molar-refractivity contribution in [3.8, 4) is 11.5 Å². The zero-order valence-corrected chi connectivity index (χ0v) is 16.1. The molecule has 0 aliphatic rings. The first-order valence-corrected chi connectivity index (χ1v) is 9.24. The Kier molecular flexibility index (Phi) is 7.44. The Hall–Kier alpha value is -3.01. The molecular weight excluding hydrogens is 391 g/mol. The van der Waals surface area contributed by atoms with Gasteiger partial charge in [-0.25, -0.2) is 0 Å². The molecule has 0 spiro atoms. The van der Waals surface area contributed by atoms with Gasteiger partial charge < -0.3 is 10.1 Å². The summed E-state index contributed by atoms with van der Waals surface area (Å²) in [5.74, 6) is -1.53. The zero-order valence-electron chi connectivity index (χ0n) is 15.3. The minimum absolute atomic E-state index is 0.0500. The van der Waals surface area contributed by atoms with Gasteiger partial charge in [-0.3, -0.25) is 24.6 Å². The van der Waals surface area contributed by atoms with Crippen LogP contribution in [0.5, 0.6) is 11.5 Å². The molecule has 1 heterocycles. The summed E-state index contributed by atoms with van der Waals surface area (Å²) in [7, 11) is 1.27. The predicted octanol–water partition coefficient (Wildman–Crippen LogP) is 3.48. The van der Waals surface area contributed by atoms with E-state index in [1.807, 2.05) is 11.4 Å². The number of rotatable bonds is 11. The second-order valence-corrected chi connectivity index (χ2v) is 6.84. The minimum Gasteiger partial charge on any atom is -0.493 e. The molecular formula is C18H19FN2O6S. The van der Waals surface area contributed by atoms with Gasteiger partial charge in [-0.1, -0.05) is 6.92 Å². The lowest BCUT2D eigenvalue weighted by Crippen LogP contribution is -2.17. The van der Waals surface area contributed by atoms with Crippen molar-refractivity contribution in [1.82, 2.24) is 5.32 Å². The van der Waals surface area contributed by atoms with Gasteiger partial charge in [-0.15, -0.1) is 11.3 Å². The summed E-state index contributed by atoms with van der Waals surface area (Å²) in [6.45, 7) is 1.95. The molecule has 0 aliphatic heterocycles. The molecule has 150 valence electrons. The van der Waals surface area contributed by atoms with Crippen LogP contribution in [0.2, 0.25) is 0 Å². The van der Waals surface area contributed by atoms with E-state index in [-0.39, 0.29) is 36.5 Å². The maximum Gasteiger partial charge on any atom is 0.277 e. The van der Waals surface area contributed by atoms with Crippen molar-refractivity contribution in [2.45, 2.75) is 32.2 Å². The quantitative estimate of drug-likeness (QED) is 0.345. The van der Waals surface area contributed by atoms with Gasteiger partial charge >= 0.3 is 0 Å². The number of nitrogens with one attached hydrogen (secondary N) is 1. The molecule has 8 nitrogen and oxygen atoms in total. The molecule has 2 aromatic rings. The Morgan fingerprint density at radius 3 is 2.75 bits per heavy atom. The highest BCUT2D eigenvalue weighted by Gasteiger charge is 2.31. The Morgan fingerprint density at radius 2 is 2.18 bits per heavy atom. The number of ketones is 1.